The van der Waals surface area contributed by atoms with E-state index in [2.05, 4.69) is 16.2 Å². The van der Waals surface area contributed by atoms with Gasteiger partial charge in [0, 0.05) is 18.5 Å². The summed E-state index contributed by atoms with van der Waals surface area (Å²) in [6, 6.07) is 10.3. The number of amides is 1. The van der Waals surface area contributed by atoms with Crippen molar-refractivity contribution in [3.63, 3.8) is 0 Å². The number of carbonyl (C=O) groups excluding carboxylic acids is 1. The second kappa shape index (κ2) is 7.36. The Hall–Kier alpha value is -2.73. The molecule has 1 aliphatic rings. The van der Waals surface area contributed by atoms with Gasteiger partial charge < -0.3 is 9.42 Å². The molecule has 2 heterocycles. The van der Waals surface area contributed by atoms with E-state index in [1.165, 1.54) is 17.7 Å². The molecular weight excluding hydrogens is 381 g/mol. The van der Waals surface area contributed by atoms with Crippen molar-refractivity contribution in [3.05, 3.63) is 69.8 Å². The molecule has 1 unspecified atom stereocenters. The topological polar surface area (TPSA) is 59.2 Å². The molecule has 1 aromatic heterocycles. The standard InChI is InChI=1S/C21H19ClFN3O2/c1-12-3-4-15(13(2)9-12)11-26-18(7-8-19(26)27)21-24-20(25-28-21)14-5-6-16(22)17(23)10-14/h3-6,9-10,18H,7-8,11H2,1-2H3. The molecule has 0 N–H and O–H groups in total. The quantitative estimate of drug-likeness (QED) is 0.618. The highest BCUT2D eigenvalue weighted by molar-refractivity contribution is 6.30. The molecule has 1 saturated heterocycles. The van der Waals surface area contributed by atoms with Crippen LogP contribution in [0.1, 0.15) is 41.5 Å². The summed E-state index contributed by atoms with van der Waals surface area (Å²) >= 11 is 5.73. The van der Waals surface area contributed by atoms with E-state index in [1.807, 2.05) is 26.0 Å². The SMILES string of the molecule is Cc1ccc(CN2C(=O)CCC2c2nc(-c3ccc(Cl)c(F)c3)no2)c(C)c1. The first-order valence-corrected chi connectivity index (χ1v) is 9.45. The van der Waals surface area contributed by atoms with E-state index in [0.29, 0.717) is 30.8 Å². The van der Waals surface area contributed by atoms with Crippen LogP contribution in [0.2, 0.25) is 5.02 Å². The van der Waals surface area contributed by atoms with Crippen molar-refractivity contribution in [2.24, 2.45) is 0 Å². The van der Waals surface area contributed by atoms with Gasteiger partial charge in [0.05, 0.1) is 5.02 Å². The number of benzene rings is 2. The lowest BCUT2D eigenvalue weighted by atomic mass is 10.0. The second-order valence-corrected chi connectivity index (χ2v) is 7.50. The molecule has 1 fully saturated rings. The highest BCUT2D eigenvalue weighted by atomic mass is 35.5. The largest absolute Gasteiger partial charge is 0.337 e. The van der Waals surface area contributed by atoms with Gasteiger partial charge in [-0.3, -0.25) is 4.79 Å². The minimum Gasteiger partial charge on any atom is -0.337 e. The first-order valence-electron chi connectivity index (χ1n) is 9.07. The minimum absolute atomic E-state index is 0.0356. The molecule has 0 bridgehead atoms. The van der Waals surface area contributed by atoms with Crippen LogP contribution in [0.25, 0.3) is 11.4 Å². The maximum Gasteiger partial charge on any atom is 0.249 e. The molecule has 0 saturated carbocycles. The molecule has 0 radical (unpaired) electrons. The Morgan fingerprint density at radius 3 is 2.82 bits per heavy atom. The van der Waals surface area contributed by atoms with Crippen LogP contribution in [0.5, 0.6) is 0 Å². The maximum atomic E-state index is 13.7. The van der Waals surface area contributed by atoms with E-state index in [9.17, 15) is 9.18 Å². The van der Waals surface area contributed by atoms with Gasteiger partial charge in [-0.15, -0.1) is 0 Å². The summed E-state index contributed by atoms with van der Waals surface area (Å²) in [6.45, 7) is 4.57. The summed E-state index contributed by atoms with van der Waals surface area (Å²) in [5.41, 5.74) is 3.89. The molecule has 144 valence electrons. The minimum atomic E-state index is -0.543. The zero-order valence-electron chi connectivity index (χ0n) is 15.6. The molecule has 7 heteroatoms. The highest BCUT2D eigenvalue weighted by Crippen LogP contribution is 2.35. The number of aromatic nitrogens is 2. The zero-order valence-corrected chi connectivity index (χ0v) is 16.3. The van der Waals surface area contributed by atoms with Crippen LogP contribution in [0, 0.1) is 19.7 Å². The molecule has 0 aliphatic carbocycles. The van der Waals surface area contributed by atoms with Crippen LogP contribution in [0.3, 0.4) is 0 Å². The monoisotopic (exact) mass is 399 g/mol. The number of likely N-dealkylation sites (tertiary alicyclic amines) is 1. The van der Waals surface area contributed by atoms with Gasteiger partial charge in [0.25, 0.3) is 0 Å². The average molecular weight is 400 g/mol. The van der Waals surface area contributed by atoms with Crippen LogP contribution in [-0.2, 0) is 11.3 Å². The van der Waals surface area contributed by atoms with E-state index >= 15 is 0 Å². The molecule has 1 aliphatic heterocycles. The summed E-state index contributed by atoms with van der Waals surface area (Å²) in [5.74, 6) is 0.151. The van der Waals surface area contributed by atoms with E-state index in [4.69, 9.17) is 16.1 Å². The van der Waals surface area contributed by atoms with Gasteiger partial charge in [0.2, 0.25) is 17.6 Å². The zero-order chi connectivity index (χ0) is 19.8. The van der Waals surface area contributed by atoms with Crippen LogP contribution >= 0.6 is 11.6 Å². The van der Waals surface area contributed by atoms with E-state index in [1.54, 1.807) is 11.0 Å². The number of hydrogen-bond donors (Lipinski definition) is 0. The van der Waals surface area contributed by atoms with Gasteiger partial charge in [0.1, 0.15) is 11.9 Å². The van der Waals surface area contributed by atoms with Crippen LogP contribution in [-0.4, -0.2) is 20.9 Å². The van der Waals surface area contributed by atoms with Crippen LogP contribution in [0.15, 0.2) is 40.9 Å². The number of rotatable bonds is 4. The third kappa shape index (κ3) is 3.52. The number of halogens is 2. The predicted molar refractivity (Wildman–Crippen MR) is 103 cm³/mol. The Bertz CT molecular complexity index is 1050. The lowest BCUT2D eigenvalue weighted by Gasteiger charge is -2.23. The Labute approximate surface area is 167 Å². The summed E-state index contributed by atoms with van der Waals surface area (Å²) in [7, 11) is 0. The van der Waals surface area contributed by atoms with Gasteiger partial charge in [-0.2, -0.15) is 4.98 Å². The number of nitrogens with zero attached hydrogens (tertiary/aromatic N) is 3. The van der Waals surface area contributed by atoms with Crippen molar-refractivity contribution in [1.29, 1.82) is 0 Å². The predicted octanol–water partition coefficient (Wildman–Crippen LogP) is 5.01. The van der Waals surface area contributed by atoms with E-state index in [0.717, 1.165) is 11.1 Å². The average Bonchev–Trinajstić information content (AvgIpc) is 3.27. The summed E-state index contributed by atoms with van der Waals surface area (Å²) in [5, 5.41) is 4.00. The van der Waals surface area contributed by atoms with E-state index in [-0.39, 0.29) is 22.8 Å². The van der Waals surface area contributed by atoms with Crippen molar-refractivity contribution in [1.82, 2.24) is 15.0 Å². The lowest BCUT2D eigenvalue weighted by molar-refractivity contribution is -0.130. The normalized spacial score (nSPS) is 16.8. The lowest BCUT2D eigenvalue weighted by Crippen LogP contribution is -2.27. The molecular formula is C21H19ClFN3O2. The first kappa shape index (κ1) is 18.6. The molecule has 4 rings (SSSR count). The van der Waals surface area contributed by atoms with Gasteiger partial charge in [-0.05, 0) is 49.6 Å². The molecule has 1 amide bonds. The fraction of sp³-hybridized carbons (Fsp3) is 0.286. The molecule has 0 spiro atoms. The molecule has 2 aromatic carbocycles. The Morgan fingerprint density at radius 1 is 1.25 bits per heavy atom. The van der Waals surface area contributed by atoms with Crippen LogP contribution in [0.4, 0.5) is 4.39 Å². The van der Waals surface area contributed by atoms with Crippen molar-refractivity contribution >= 4 is 17.5 Å². The van der Waals surface area contributed by atoms with Gasteiger partial charge in [-0.25, -0.2) is 4.39 Å². The summed E-state index contributed by atoms with van der Waals surface area (Å²) in [6.07, 6.45) is 1.04. The van der Waals surface area contributed by atoms with Crippen molar-refractivity contribution in [2.75, 3.05) is 0 Å². The Balaban J connectivity index is 1.60. The fourth-order valence-electron chi connectivity index (χ4n) is 3.52. The molecule has 1 atom stereocenters. The van der Waals surface area contributed by atoms with Crippen molar-refractivity contribution in [2.45, 2.75) is 39.3 Å². The molecule has 5 nitrogen and oxygen atoms in total. The first-order chi connectivity index (χ1) is 13.4. The van der Waals surface area contributed by atoms with Crippen molar-refractivity contribution < 1.29 is 13.7 Å². The van der Waals surface area contributed by atoms with Gasteiger partial charge in [0.15, 0.2) is 0 Å². The van der Waals surface area contributed by atoms with Gasteiger partial charge >= 0.3 is 0 Å². The second-order valence-electron chi connectivity index (χ2n) is 7.09. The highest BCUT2D eigenvalue weighted by Gasteiger charge is 2.36. The number of carbonyl (C=O) groups is 1. The smallest absolute Gasteiger partial charge is 0.249 e. The van der Waals surface area contributed by atoms with E-state index < -0.39 is 5.82 Å². The molecule has 3 aromatic rings. The van der Waals surface area contributed by atoms with Gasteiger partial charge in [-0.1, -0.05) is 40.5 Å². The maximum absolute atomic E-state index is 13.7. The third-order valence-corrected chi connectivity index (χ3v) is 5.38. The Morgan fingerprint density at radius 2 is 2.07 bits per heavy atom. The number of hydrogen-bond acceptors (Lipinski definition) is 4. The van der Waals surface area contributed by atoms with Crippen LogP contribution < -0.4 is 0 Å². The summed E-state index contributed by atoms with van der Waals surface area (Å²) in [4.78, 5) is 18.7. The van der Waals surface area contributed by atoms with Crippen molar-refractivity contribution in [3.8, 4) is 11.4 Å². The third-order valence-electron chi connectivity index (χ3n) is 5.07. The molecule has 28 heavy (non-hydrogen) atoms. The Kier molecular flexibility index (Phi) is 4.89. The number of aryl methyl sites for hydroxylation is 2. The summed E-state index contributed by atoms with van der Waals surface area (Å²) < 4.78 is 19.2. The fourth-order valence-corrected chi connectivity index (χ4v) is 3.64.